The number of aliphatic carboxylic acids is 1. The Kier molecular flexibility index (Phi) is 4.80. The van der Waals surface area contributed by atoms with Crippen molar-refractivity contribution in [2.45, 2.75) is 45.2 Å². The number of aryl methyl sites for hydroxylation is 2. The number of hydrogen-bond donors (Lipinski definition) is 3. The van der Waals surface area contributed by atoms with Crippen LogP contribution >= 0.6 is 0 Å². The molecule has 0 bridgehead atoms. The maximum atomic E-state index is 12.0. The number of carboxylic acid groups (broad SMARTS) is 1. The van der Waals surface area contributed by atoms with Gasteiger partial charge in [0, 0.05) is 12.8 Å². The summed E-state index contributed by atoms with van der Waals surface area (Å²) in [6.45, 7) is 3.94. The molecule has 1 aliphatic rings. The SMILES string of the molecule is Cc1ccc(C[C@@H](NC(=O)[C@H]2CCC(=O)N2)C(=O)O)cc1C. The second-order valence-electron chi connectivity index (χ2n) is 5.68. The maximum absolute atomic E-state index is 12.0. The minimum atomic E-state index is -1.09. The van der Waals surface area contributed by atoms with Crippen molar-refractivity contribution >= 4 is 17.8 Å². The van der Waals surface area contributed by atoms with Crippen LogP contribution in [0.15, 0.2) is 18.2 Å². The second-order valence-corrected chi connectivity index (χ2v) is 5.68. The fourth-order valence-corrected chi connectivity index (χ4v) is 2.45. The van der Waals surface area contributed by atoms with Gasteiger partial charge in [-0.25, -0.2) is 4.79 Å². The van der Waals surface area contributed by atoms with Gasteiger partial charge in [-0.15, -0.1) is 0 Å². The highest BCUT2D eigenvalue weighted by Gasteiger charge is 2.30. The number of carboxylic acids is 1. The highest BCUT2D eigenvalue weighted by atomic mass is 16.4. The number of rotatable bonds is 5. The van der Waals surface area contributed by atoms with Gasteiger partial charge in [-0.05, 0) is 37.0 Å². The smallest absolute Gasteiger partial charge is 0.326 e. The summed E-state index contributed by atoms with van der Waals surface area (Å²) in [7, 11) is 0. The lowest BCUT2D eigenvalue weighted by atomic mass is 10.0. The van der Waals surface area contributed by atoms with E-state index in [-0.39, 0.29) is 12.3 Å². The number of amides is 2. The van der Waals surface area contributed by atoms with E-state index in [1.54, 1.807) is 0 Å². The minimum absolute atomic E-state index is 0.179. The van der Waals surface area contributed by atoms with E-state index < -0.39 is 24.0 Å². The van der Waals surface area contributed by atoms with Crippen molar-refractivity contribution in [3.63, 3.8) is 0 Å². The van der Waals surface area contributed by atoms with Crippen LogP contribution in [0.3, 0.4) is 0 Å². The summed E-state index contributed by atoms with van der Waals surface area (Å²) in [4.78, 5) is 34.5. The Morgan fingerprint density at radius 3 is 2.64 bits per heavy atom. The third-order valence-electron chi connectivity index (χ3n) is 3.94. The highest BCUT2D eigenvalue weighted by Crippen LogP contribution is 2.12. The number of nitrogens with one attached hydrogen (secondary N) is 2. The molecule has 0 radical (unpaired) electrons. The zero-order valence-corrected chi connectivity index (χ0v) is 12.7. The van der Waals surface area contributed by atoms with E-state index in [9.17, 15) is 19.5 Å². The Balaban J connectivity index is 2.03. The van der Waals surface area contributed by atoms with Gasteiger partial charge in [0.05, 0.1) is 0 Å². The first kappa shape index (κ1) is 16.0. The standard InChI is InChI=1S/C16H20N2O4/c1-9-3-4-11(7-10(9)2)8-13(16(21)22)18-15(20)12-5-6-14(19)17-12/h3-4,7,12-13H,5-6,8H2,1-2H3,(H,17,19)(H,18,20)(H,21,22)/t12-,13-/m1/s1. The summed E-state index contributed by atoms with van der Waals surface area (Å²) in [6, 6.07) is 4.08. The van der Waals surface area contributed by atoms with E-state index in [2.05, 4.69) is 10.6 Å². The summed E-state index contributed by atoms with van der Waals surface area (Å²) in [6.07, 6.45) is 0.913. The van der Waals surface area contributed by atoms with Gasteiger partial charge in [0.25, 0.3) is 0 Å². The molecule has 1 aliphatic heterocycles. The summed E-state index contributed by atoms with van der Waals surface area (Å²) < 4.78 is 0. The number of benzene rings is 1. The van der Waals surface area contributed by atoms with E-state index in [1.165, 1.54) is 0 Å². The van der Waals surface area contributed by atoms with Crippen LogP contribution in [0.4, 0.5) is 0 Å². The molecule has 118 valence electrons. The van der Waals surface area contributed by atoms with Crippen LogP contribution in [-0.2, 0) is 20.8 Å². The molecule has 1 aromatic rings. The van der Waals surface area contributed by atoms with Crippen molar-refractivity contribution in [3.05, 3.63) is 34.9 Å². The maximum Gasteiger partial charge on any atom is 0.326 e. The van der Waals surface area contributed by atoms with Crippen LogP contribution in [0.2, 0.25) is 0 Å². The normalized spacial score (nSPS) is 18.6. The van der Waals surface area contributed by atoms with Gasteiger partial charge in [0.2, 0.25) is 11.8 Å². The Bertz CT molecular complexity index is 612. The van der Waals surface area contributed by atoms with Crippen LogP contribution in [0.5, 0.6) is 0 Å². The average Bonchev–Trinajstić information content (AvgIpc) is 2.88. The van der Waals surface area contributed by atoms with Gasteiger partial charge < -0.3 is 15.7 Å². The molecular formula is C16H20N2O4. The number of carbonyl (C=O) groups excluding carboxylic acids is 2. The van der Waals surface area contributed by atoms with E-state index >= 15 is 0 Å². The Morgan fingerprint density at radius 1 is 1.36 bits per heavy atom. The lowest BCUT2D eigenvalue weighted by Gasteiger charge is -2.18. The Labute approximate surface area is 128 Å². The van der Waals surface area contributed by atoms with Gasteiger partial charge in [-0.2, -0.15) is 0 Å². The number of carbonyl (C=O) groups is 3. The topological polar surface area (TPSA) is 95.5 Å². The first-order valence-corrected chi connectivity index (χ1v) is 7.25. The summed E-state index contributed by atoms with van der Waals surface area (Å²) >= 11 is 0. The lowest BCUT2D eigenvalue weighted by molar-refractivity contribution is -0.142. The summed E-state index contributed by atoms with van der Waals surface area (Å²) in [5, 5.41) is 14.3. The molecule has 22 heavy (non-hydrogen) atoms. The largest absolute Gasteiger partial charge is 0.480 e. The second kappa shape index (κ2) is 6.60. The van der Waals surface area contributed by atoms with Crippen molar-refractivity contribution in [2.24, 2.45) is 0 Å². The van der Waals surface area contributed by atoms with Crippen LogP contribution in [-0.4, -0.2) is 35.0 Å². The third-order valence-corrected chi connectivity index (χ3v) is 3.94. The quantitative estimate of drug-likeness (QED) is 0.746. The number of hydrogen-bond acceptors (Lipinski definition) is 3. The fraction of sp³-hybridized carbons (Fsp3) is 0.438. The lowest BCUT2D eigenvalue weighted by Crippen LogP contribution is -2.49. The predicted octanol–water partition coefficient (Wildman–Crippen LogP) is 0.694. The van der Waals surface area contributed by atoms with Gasteiger partial charge in [-0.3, -0.25) is 9.59 Å². The molecule has 1 aromatic carbocycles. The molecule has 6 heteroatoms. The molecule has 0 spiro atoms. The molecule has 0 unspecified atom stereocenters. The minimum Gasteiger partial charge on any atom is -0.480 e. The zero-order chi connectivity index (χ0) is 16.3. The molecule has 2 rings (SSSR count). The molecule has 2 atom stereocenters. The molecule has 1 heterocycles. The van der Waals surface area contributed by atoms with Gasteiger partial charge >= 0.3 is 5.97 Å². The van der Waals surface area contributed by atoms with Crippen LogP contribution in [0.25, 0.3) is 0 Å². The van der Waals surface area contributed by atoms with Crippen molar-refractivity contribution in [1.82, 2.24) is 10.6 Å². The molecule has 1 fully saturated rings. The van der Waals surface area contributed by atoms with E-state index in [0.717, 1.165) is 16.7 Å². The van der Waals surface area contributed by atoms with E-state index in [4.69, 9.17) is 0 Å². The third kappa shape index (κ3) is 3.84. The molecule has 0 aliphatic carbocycles. The van der Waals surface area contributed by atoms with Crippen LogP contribution in [0, 0.1) is 13.8 Å². The Hall–Kier alpha value is -2.37. The first-order chi connectivity index (χ1) is 10.4. The van der Waals surface area contributed by atoms with Gasteiger partial charge in [0.15, 0.2) is 0 Å². The van der Waals surface area contributed by atoms with Crippen LogP contribution < -0.4 is 10.6 Å². The molecule has 3 N–H and O–H groups in total. The van der Waals surface area contributed by atoms with Crippen molar-refractivity contribution in [1.29, 1.82) is 0 Å². The van der Waals surface area contributed by atoms with Crippen LogP contribution in [0.1, 0.15) is 29.5 Å². The van der Waals surface area contributed by atoms with Gasteiger partial charge in [-0.1, -0.05) is 18.2 Å². The van der Waals surface area contributed by atoms with Crippen molar-refractivity contribution in [3.8, 4) is 0 Å². The molecule has 0 saturated carbocycles. The Morgan fingerprint density at radius 2 is 2.09 bits per heavy atom. The van der Waals surface area contributed by atoms with Crippen molar-refractivity contribution in [2.75, 3.05) is 0 Å². The summed E-state index contributed by atoms with van der Waals surface area (Å²) in [5.74, 6) is -1.71. The van der Waals surface area contributed by atoms with Gasteiger partial charge in [0.1, 0.15) is 12.1 Å². The molecule has 2 amide bonds. The molecule has 0 aromatic heterocycles. The zero-order valence-electron chi connectivity index (χ0n) is 12.7. The fourth-order valence-electron chi connectivity index (χ4n) is 2.45. The van der Waals surface area contributed by atoms with E-state index in [0.29, 0.717) is 12.8 Å². The first-order valence-electron chi connectivity index (χ1n) is 7.25. The molecule has 6 nitrogen and oxygen atoms in total. The van der Waals surface area contributed by atoms with Crippen molar-refractivity contribution < 1.29 is 19.5 Å². The van der Waals surface area contributed by atoms with E-state index in [1.807, 2.05) is 32.0 Å². The average molecular weight is 304 g/mol. The molecular weight excluding hydrogens is 284 g/mol. The molecule has 1 saturated heterocycles. The summed E-state index contributed by atoms with van der Waals surface area (Å²) in [5.41, 5.74) is 3.07. The monoisotopic (exact) mass is 304 g/mol. The predicted molar refractivity (Wildman–Crippen MR) is 80.4 cm³/mol. The highest BCUT2D eigenvalue weighted by molar-refractivity contribution is 5.92.